The highest BCUT2D eigenvalue weighted by molar-refractivity contribution is 7.89. The first-order valence-corrected chi connectivity index (χ1v) is 8.54. The van der Waals surface area contributed by atoms with E-state index in [2.05, 4.69) is 0 Å². The summed E-state index contributed by atoms with van der Waals surface area (Å²) in [6, 6.07) is 11.1. The number of hydrogen-bond donors (Lipinski definition) is 0. The monoisotopic (exact) mass is 347 g/mol. The Balaban J connectivity index is 2.09. The van der Waals surface area contributed by atoms with Crippen LogP contribution in [0, 0.1) is 11.3 Å². The molecule has 0 amide bonds. The van der Waals surface area contributed by atoms with Crippen LogP contribution in [-0.2, 0) is 16.6 Å². The molecular formula is C16H17N3O4S. The largest absolute Gasteiger partial charge is 0.492 e. The summed E-state index contributed by atoms with van der Waals surface area (Å²) in [7, 11) is -0.740. The Hall–Kier alpha value is -2.63. The summed E-state index contributed by atoms with van der Waals surface area (Å²) in [5.74, 6) is 0.569. The number of nitrogens with zero attached hydrogens (tertiary/aromatic N) is 3. The predicted molar refractivity (Wildman–Crippen MR) is 88.2 cm³/mol. The number of nitriles is 1. The van der Waals surface area contributed by atoms with Crippen LogP contribution in [0.15, 0.2) is 52.3 Å². The van der Waals surface area contributed by atoms with Crippen LogP contribution in [0.1, 0.15) is 5.56 Å². The normalized spacial score (nSPS) is 11.2. The lowest BCUT2D eigenvalue weighted by Crippen LogP contribution is -2.27. The molecule has 0 spiro atoms. The SMILES string of the molecule is CN(C)S(=O)(=O)c1ccc(=O)n(CCOc2ccc(C#N)cc2)c1. The van der Waals surface area contributed by atoms with Crippen molar-refractivity contribution in [1.82, 2.24) is 8.87 Å². The van der Waals surface area contributed by atoms with E-state index in [1.54, 1.807) is 24.3 Å². The van der Waals surface area contributed by atoms with Crippen LogP contribution in [0.25, 0.3) is 0 Å². The van der Waals surface area contributed by atoms with E-state index in [0.29, 0.717) is 11.3 Å². The topological polar surface area (TPSA) is 92.4 Å². The quantitative estimate of drug-likeness (QED) is 0.779. The summed E-state index contributed by atoms with van der Waals surface area (Å²) in [5.41, 5.74) is 0.219. The molecule has 0 fully saturated rings. The Morgan fingerprint density at radius 1 is 1.17 bits per heavy atom. The standard InChI is InChI=1S/C16H17N3O4S/c1-18(2)24(21,22)15-7-8-16(20)19(12-15)9-10-23-14-5-3-13(11-17)4-6-14/h3-8,12H,9-10H2,1-2H3. The molecule has 0 saturated heterocycles. The first-order valence-electron chi connectivity index (χ1n) is 7.10. The van der Waals surface area contributed by atoms with Crippen molar-refractivity contribution in [2.24, 2.45) is 0 Å². The van der Waals surface area contributed by atoms with Gasteiger partial charge in [0, 0.05) is 26.4 Å². The summed E-state index contributed by atoms with van der Waals surface area (Å²) < 4.78 is 32.1. The zero-order valence-electron chi connectivity index (χ0n) is 13.3. The lowest BCUT2D eigenvalue weighted by atomic mass is 10.2. The molecule has 0 saturated carbocycles. The molecule has 0 bridgehead atoms. The number of pyridine rings is 1. The second kappa shape index (κ2) is 7.29. The maximum absolute atomic E-state index is 12.1. The van der Waals surface area contributed by atoms with Crippen molar-refractivity contribution in [2.45, 2.75) is 11.4 Å². The van der Waals surface area contributed by atoms with Gasteiger partial charge in [0.15, 0.2) is 0 Å². The fraction of sp³-hybridized carbons (Fsp3) is 0.250. The van der Waals surface area contributed by atoms with Crippen LogP contribution in [0.2, 0.25) is 0 Å². The molecule has 0 radical (unpaired) electrons. The van der Waals surface area contributed by atoms with Crippen molar-refractivity contribution in [3.8, 4) is 11.8 Å². The zero-order chi connectivity index (χ0) is 17.7. The predicted octanol–water partition coefficient (Wildman–Crippen LogP) is 1.05. The van der Waals surface area contributed by atoms with Crippen LogP contribution in [0.3, 0.4) is 0 Å². The van der Waals surface area contributed by atoms with Gasteiger partial charge >= 0.3 is 0 Å². The van der Waals surface area contributed by atoms with E-state index in [1.807, 2.05) is 6.07 Å². The molecule has 0 aliphatic heterocycles. The van der Waals surface area contributed by atoms with Gasteiger partial charge in [-0.25, -0.2) is 12.7 Å². The number of benzene rings is 1. The van der Waals surface area contributed by atoms with E-state index in [9.17, 15) is 13.2 Å². The van der Waals surface area contributed by atoms with Gasteiger partial charge in [-0.15, -0.1) is 0 Å². The molecule has 7 nitrogen and oxygen atoms in total. The van der Waals surface area contributed by atoms with Crippen molar-refractivity contribution >= 4 is 10.0 Å². The molecule has 0 unspecified atom stereocenters. The molecule has 1 aromatic carbocycles. The van der Waals surface area contributed by atoms with Crippen molar-refractivity contribution in [3.63, 3.8) is 0 Å². The van der Waals surface area contributed by atoms with Gasteiger partial charge < -0.3 is 9.30 Å². The first-order chi connectivity index (χ1) is 11.3. The van der Waals surface area contributed by atoms with Gasteiger partial charge in [0.1, 0.15) is 12.4 Å². The third kappa shape index (κ3) is 4.01. The number of ether oxygens (including phenoxy) is 1. The van der Waals surface area contributed by atoms with Crippen LogP contribution < -0.4 is 10.3 Å². The van der Waals surface area contributed by atoms with Crippen LogP contribution >= 0.6 is 0 Å². The molecule has 24 heavy (non-hydrogen) atoms. The van der Waals surface area contributed by atoms with E-state index in [4.69, 9.17) is 10.00 Å². The summed E-state index contributed by atoms with van der Waals surface area (Å²) in [5, 5.41) is 8.73. The van der Waals surface area contributed by atoms with Crippen molar-refractivity contribution in [3.05, 3.63) is 58.5 Å². The second-order valence-electron chi connectivity index (χ2n) is 5.17. The van der Waals surface area contributed by atoms with Gasteiger partial charge in [0.05, 0.1) is 23.1 Å². The molecule has 2 rings (SSSR count). The Labute approximate surface area is 140 Å². The van der Waals surface area contributed by atoms with Crippen molar-refractivity contribution < 1.29 is 13.2 Å². The van der Waals surface area contributed by atoms with Crippen LogP contribution in [-0.4, -0.2) is 38.0 Å². The lowest BCUT2D eigenvalue weighted by Gasteiger charge is -2.13. The molecule has 1 aromatic heterocycles. The lowest BCUT2D eigenvalue weighted by molar-refractivity contribution is 0.296. The molecule has 0 aliphatic rings. The minimum absolute atomic E-state index is 0.0467. The molecule has 1 heterocycles. The summed E-state index contributed by atoms with van der Waals surface area (Å²) >= 11 is 0. The Kier molecular flexibility index (Phi) is 5.39. The molecule has 126 valence electrons. The van der Waals surface area contributed by atoms with E-state index in [-0.39, 0.29) is 23.6 Å². The van der Waals surface area contributed by atoms with E-state index in [0.717, 1.165) is 4.31 Å². The Morgan fingerprint density at radius 2 is 1.83 bits per heavy atom. The smallest absolute Gasteiger partial charge is 0.250 e. The van der Waals surface area contributed by atoms with Gasteiger partial charge in [-0.05, 0) is 30.3 Å². The van der Waals surface area contributed by atoms with E-state index < -0.39 is 10.0 Å². The summed E-state index contributed by atoms with van der Waals surface area (Å²) in [6.45, 7) is 0.396. The van der Waals surface area contributed by atoms with Gasteiger partial charge in [0.25, 0.3) is 5.56 Å². The maximum Gasteiger partial charge on any atom is 0.250 e. The third-order valence-electron chi connectivity index (χ3n) is 3.32. The molecule has 0 N–H and O–H groups in total. The molecule has 0 aliphatic carbocycles. The molecule has 2 aromatic rings. The van der Waals surface area contributed by atoms with Crippen molar-refractivity contribution in [2.75, 3.05) is 20.7 Å². The molecular weight excluding hydrogens is 330 g/mol. The minimum atomic E-state index is -3.60. The van der Waals surface area contributed by atoms with Gasteiger partial charge in [0.2, 0.25) is 10.0 Å². The third-order valence-corrected chi connectivity index (χ3v) is 5.12. The Morgan fingerprint density at radius 3 is 2.42 bits per heavy atom. The highest BCUT2D eigenvalue weighted by Crippen LogP contribution is 2.12. The average Bonchev–Trinajstić information content (AvgIpc) is 2.56. The van der Waals surface area contributed by atoms with Crippen molar-refractivity contribution in [1.29, 1.82) is 5.26 Å². The number of rotatable bonds is 6. The van der Waals surface area contributed by atoms with Gasteiger partial charge in [-0.2, -0.15) is 5.26 Å². The van der Waals surface area contributed by atoms with E-state index >= 15 is 0 Å². The van der Waals surface area contributed by atoms with Gasteiger partial charge in [-0.1, -0.05) is 0 Å². The zero-order valence-corrected chi connectivity index (χ0v) is 14.2. The van der Waals surface area contributed by atoms with Crippen LogP contribution in [0.4, 0.5) is 0 Å². The highest BCUT2D eigenvalue weighted by Gasteiger charge is 2.18. The highest BCUT2D eigenvalue weighted by atomic mass is 32.2. The van der Waals surface area contributed by atoms with Gasteiger partial charge in [-0.3, -0.25) is 4.79 Å². The molecule has 0 atom stereocenters. The Bertz CT molecular complexity index is 910. The summed E-state index contributed by atoms with van der Waals surface area (Å²) in [4.78, 5) is 11.9. The van der Waals surface area contributed by atoms with Crippen LogP contribution in [0.5, 0.6) is 5.75 Å². The fourth-order valence-corrected chi connectivity index (χ4v) is 2.86. The minimum Gasteiger partial charge on any atom is -0.492 e. The fourth-order valence-electron chi connectivity index (χ4n) is 1.94. The average molecular weight is 347 g/mol. The maximum atomic E-state index is 12.1. The number of hydrogen-bond acceptors (Lipinski definition) is 5. The number of sulfonamides is 1. The number of aromatic nitrogens is 1. The summed E-state index contributed by atoms with van der Waals surface area (Å²) in [6.07, 6.45) is 1.31. The molecule has 8 heteroatoms. The first kappa shape index (κ1) is 17.7. The second-order valence-corrected chi connectivity index (χ2v) is 7.32. The van der Waals surface area contributed by atoms with E-state index in [1.165, 1.54) is 37.0 Å².